The zero-order valence-corrected chi connectivity index (χ0v) is 11.1. The van der Waals surface area contributed by atoms with Crippen molar-refractivity contribution in [1.29, 1.82) is 0 Å². The highest BCUT2D eigenvalue weighted by Gasteiger charge is 2.28. The number of carbonyl (C=O) groups is 1. The Morgan fingerprint density at radius 3 is 2.90 bits per heavy atom. The van der Waals surface area contributed by atoms with Gasteiger partial charge in [-0.1, -0.05) is 12.1 Å². The van der Waals surface area contributed by atoms with E-state index >= 15 is 0 Å². The molecule has 0 bridgehead atoms. The largest absolute Gasteiger partial charge is 0.388 e. The molecule has 0 saturated carbocycles. The zero-order chi connectivity index (χ0) is 14.4. The molecule has 0 spiro atoms. The molecule has 1 aromatic heterocycles. The Bertz CT molecular complexity index is 741. The van der Waals surface area contributed by atoms with Crippen LogP contribution in [-0.4, -0.2) is 21.5 Å². The van der Waals surface area contributed by atoms with Crippen LogP contribution in [0.3, 0.4) is 0 Å². The second kappa shape index (κ2) is 4.35. The molecule has 1 aliphatic rings. The van der Waals surface area contributed by atoms with Gasteiger partial charge >= 0.3 is 0 Å². The van der Waals surface area contributed by atoms with E-state index in [-0.39, 0.29) is 5.96 Å². The quantitative estimate of drug-likeness (QED) is 0.521. The molecule has 1 unspecified atom stereocenters. The van der Waals surface area contributed by atoms with Gasteiger partial charge in [0.2, 0.25) is 0 Å². The van der Waals surface area contributed by atoms with Gasteiger partial charge in [0.1, 0.15) is 5.69 Å². The Balaban J connectivity index is 2.33. The van der Waals surface area contributed by atoms with Crippen molar-refractivity contribution in [3.05, 3.63) is 35.0 Å². The Morgan fingerprint density at radius 1 is 1.45 bits per heavy atom. The fourth-order valence-corrected chi connectivity index (χ4v) is 3.01. The molecule has 1 atom stereocenters. The van der Waals surface area contributed by atoms with Crippen LogP contribution < -0.4 is 11.5 Å². The van der Waals surface area contributed by atoms with Crippen molar-refractivity contribution in [3.8, 4) is 0 Å². The van der Waals surface area contributed by atoms with Crippen LogP contribution in [0.1, 0.15) is 34.1 Å². The molecule has 3 rings (SSSR count). The van der Waals surface area contributed by atoms with Gasteiger partial charge < -0.3 is 21.1 Å². The molecule has 1 heterocycles. The van der Waals surface area contributed by atoms with E-state index in [4.69, 9.17) is 11.5 Å². The number of aliphatic hydroxyl groups excluding tert-OH is 1. The first-order chi connectivity index (χ1) is 9.50. The zero-order valence-electron chi connectivity index (χ0n) is 11.1. The van der Waals surface area contributed by atoms with Gasteiger partial charge in [0.05, 0.1) is 6.10 Å². The number of nitrogens with two attached hydrogens (primary N) is 2. The summed E-state index contributed by atoms with van der Waals surface area (Å²) in [5.74, 6) is -0.690. The van der Waals surface area contributed by atoms with Gasteiger partial charge in [-0.05, 0) is 30.0 Å². The van der Waals surface area contributed by atoms with E-state index < -0.39 is 12.0 Å². The number of aliphatic hydroxyl groups is 1. The molecular weight excluding hydrogens is 256 g/mol. The van der Waals surface area contributed by atoms with Crippen LogP contribution in [0.2, 0.25) is 0 Å². The Morgan fingerprint density at radius 2 is 2.20 bits per heavy atom. The van der Waals surface area contributed by atoms with Crippen LogP contribution in [0.25, 0.3) is 10.9 Å². The summed E-state index contributed by atoms with van der Waals surface area (Å²) in [5.41, 5.74) is 13.8. The lowest BCUT2D eigenvalue weighted by atomic mass is 9.89. The lowest BCUT2D eigenvalue weighted by Gasteiger charge is -2.18. The molecule has 20 heavy (non-hydrogen) atoms. The molecule has 0 aliphatic heterocycles. The fraction of sp³-hybridized carbons (Fsp3) is 0.286. The number of aromatic nitrogens is 1. The van der Waals surface area contributed by atoms with Crippen LogP contribution in [-0.2, 0) is 13.5 Å². The van der Waals surface area contributed by atoms with E-state index in [9.17, 15) is 9.90 Å². The van der Waals surface area contributed by atoms with Gasteiger partial charge in [0.15, 0.2) is 5.96 Å². The van der Waals surface area contributed by atoms with Crippen molar-refractivity contribution in [3.63, 3.8) is 0 Å². The third-order valence-electron chi connectivity index (χ3n) is 3.82. The van der Waals surface area contributed by atoms with Crippen molar-refractivity contribution in [1.82, 2.24) is 4.57 Å². The predicted molar refractivity (Wildman–Crippen MR) is 76.3 cm³/mol. The maximum Gasteiger partial charge on any atom is 0.297 e. The Labute approximate surface area is 115 Å². The molecular formula is C14H16N4O2. The summed E-state index contributed by atoms with van der Waals surface area (Å²) in [6.07, 6.45) is 0.745. The normalized spacial score (nSPS) is 17.2. The summed E-state index contributed by atoms with van der Waals surface area (Å²) in [6, 6.07) is 5.70. The number of amides is 1. The molecule has 1 amide bonds. The molecule has 104 valence electrons. The maximum absolute atomic E-state index is 12.2. The molecule has 2 aromatic rings. The Kier molecular flexibility index (Phi) is 2.76. The number of hydrogen-bond donors (Lipinski definition) is 3. The molecule has 0 radical (unpaired) electrons. The summed E-state index contributed by atoms with van der Waals surface area (Å²) in [4.78, 5) is 15.8. The summed E-state index contributed by atoms with van der Waals surface area (Å²) < 4.78 is 1.79. The summed E-state index contributed by atoms with van der Waals surface area (Å²) in [7, 11) is 1.81. The minimum atomic E-state index is -0.486. The van der Waals surface area contributed by atoms with E-state index in [1.54, 1.807) is 4.57 Å². The minimum Gasteiger partial charge on any atom is -0.388 e. The average Bonchev–Trinajstić information content (AvgIpc) is 2.68. The first-order valence-corrected chi connectivity index (χ1v) is 6.43. The number of aliphatic imine (C=N–C) groups is 1. The SMILES string of the molecule is Cn1c(C(=O)N=C(N)N)c2c3c(cccc31)C(O)CC2. The third-order valence-corrected chi connectivity index (χ3v) is 3.82. The van der Waals surface area contributed by atoms with Crippen LogP contribution >= 0.6 is 0 Å². The average molecular weight is 272 g/mol. The highest BCUT2D eigenvalue weighted by molar-refractivity contribution is 6.07. The van der Waals surface area contributed by atoms with Gasteiger partial charge in [-0.3, -0.25) is 4.79 Å². The first kappa shape index (κ1) is 12.7. The molecule has 5 N–H and O–H groups in total. The van der Waals surface area contributed by atoms with Crippen LogP contribution in [0.5, 0.6) is 0 Å². The van der Waals surface area contributed by atoms with Crippen molar-refractivity contribution in [2.24, 2.45) is 23.5 Å². The number of rotatable bonds is 1. The predicted octanol–water partition coefficient (Wildman–Crippen LogP) is 0.571. The first-order valence-electron chi connectivity index (χ1n) is 6.43. The lowest BCUT2D eigenvalue weighted by Crippen LogP contribution is -2.25. The molecule has 6 heteroatoms. The topological polar surface area (TPSA) is 107 Å². The highest BCUT2D eigenvalue weighted by Crippen LogP contribution is 2.38. The fourth-order valence-electron chi connectivity index (χ4n) is 3.01. The standard InChI is InChI=1S/C14H16N4O2/c1-18-9-4-2-3-7-10(19)6-5-8(11(7)9)12(18)13(20)17-14(15)16/h2-4,10,19H,5-6H2,1H3,(H4,15,16,17,20). The molecule has 0 saturated heterocycles. The van der Waals surface area contributed by atoms with E-state index in [0.29, 0.717) is 18.5 Å². The van der Waals surface area contributed by atoms with Gasteiger partial charge in [0.25, 0.3) is 5.91 Å². The number of nitrogens with zero attached hydrogens (tertiary/aromatic N) is 2. The Hall–Kier alpha value is -2.34. The van der Waals surface area contributed by atoms with E-state index in [1.165, 1.54) is 0 Å². The van der Waals surface area contributed by atoms with Crippen LogP contribution in [0.4, 0.5) is 0 Å². The minimum absolute atomic E-state index is 0.247. The number of aryl methyl sites for hydroxylation is 2. The number of hydrogen-bond acceptors (Lipinski definition) is 2. The number of benzene rings is 1. The third kappa shape index (κ3) is 1.69. The van der Waals surface area contributed by atoms with Crippen LogP contribution in [0, 0.1) is 0 Å². The highest BCUT2D eigenvalue weighted by atomic mass is 16.3. The van der Waals surface area contributed by atoms with Crippen LogP contribution in [0.15, 0.2) is 23.2 Å². The van der Waals surface area contributed by atoms with Crippen molar-refractivity contribution in [2.45, 2.75) is 18.9 Å². The summed E-state index contributed by atoms with van der Waals surface area (Å²) >= 11 is 0. The summed E-state index contributed by atoms with van der Waals surface area (Å²) in [6.45, 7) is 0. The maximum atomic E-state index is 12.2. The second-order valence-corrected chi connectivity index (χ2v) is 5.02. The van der Waals surface area contributed by atoms with Gasteiger partial charge in [-0.25, -0.2) is 0 Å². The monoisotopic (exact) mass is 272 g/mol. The lowest BCUT2D eigenvalue weighted by molar-refractivity contribution is 0.0993. The number of guanidine groups is 1. The van der Waals surface area contributed by atoms with E-state index in [0.717, 1.165) is 22.0 Å². The van der Waals surface area contributed by atoms with Crippen molar-refractivity contribution in [2.75, 3.05) is 0 Å². The van der Waals surface area contributed by atoms with Crippen molar-refractivity contribution >= 4 is 22.8 Å². The molecule has 0 fully saturated rings. The van der Waals surface area contributed by atoms with Gasteiger partial charge in [0, 0.05) is 18.0 Å². The molecule has 1 aliphatic carbocycles. The molecule has 6 nitrogen and oxygen atoms in total. The van der Waals surface area contributed by atoms with Gasteiger partial charge in [-0.15, -0.1) is 0 Å². The second-order valence-electron chi connectivity index (χ2n) is 5.02. The summed E-state index contributed by atoms with van der Waals surface area (Å²) in [5, 5.41) is 11.0. The van der Waals surface area contributed by atoms with Crippen molar-refractivity contribution < 1.29 is 9.90 Å². The smallest absolute Gasteiger partial charge is 0.297 e. The number of carbonyl (C=O) groups excluding carboxylic acids is 1. The van der Waals surface area contributed by atoms with E-state index in [1.807, 2.05) is 25.2 Å². The van der Waals surface area contributed by atoms with E-state index in [2.05, 4.69) is 4.99 Å². The molecule has 1 aromatic carbocycles. The van der Waals surface area contributed by atoms with Gasteiger partial charge in [-0.2, -0.15) is 4.99 Å².